The molecule has 1 saturated carbocycles. The first-order valence-corrected chi connectivity index (χ1v) is 6.17. The Morgan fingerprint density at radius 2 is 1.71 bits per heavy atom. The van der Waals surface area contributed by atoms with Crippen molar-refractivity contribution in [3.8, 4) is 0 Å². The molecule has 2 atom stereocenters. The van der Waals surface area contributed by atoms with Gasteiger partial charge in [-0.1, -0.05) is 27.7 Å². The van der Waals surface area contributed by atoms with Crippen LogP contribution in [0.2, 0.25) is 0 Å². The van der Waals surface area contributed by atoms with Gasteiger partial charge < -0.3 is 4.74 Å². The zero-order valence-electron chi connectivity index (χ0n) is 10.0. The van der Waals surface area contributed by atoms with Crippen molar-refractivity contribution in [3.05, 3.63) is 0 Å². The van der Waals surface area contributed by atoms with Crippen LogP contribution in [0.1, 0.15) is 40.5 Å². The van der Waals surface area contributed by atoms with Gasteiger partial charge in [-0.2, -0.15) is 0 Å². The smallest absolute Gasteiger partial charge is 0.0499 e. The molecule has 0 radical (unpaired) electrons. The highest BCUT2D eigenvalue weighted by Gasteiger charge is 2.58. The molecule has 3 fully saturated rings. The molecular formula is C13H24O. The van der Waals surface area contributed by atoms with E-state index >= 15 is 0 Å². The lowest BCUT2D eigenvalue weighted by molar-refractivity contribution is -0.130. The van der Waals surface area contributed by atoms with Crippen LogP contribution in [0, 0.1) is 29.1 Å². The van der Waals surface area contributed by atoms with Crippen molar-refractivity contribution in [2.75, 3.05) is 13.2 Å². The maximum absolute atomic E-state index is 5.70. The number of ether oxygens (including phenoxy) is 1. The van der Waals surface area contributed by atoms with Crippen LogP contribution < -0.4 is 0 Å². The summed E-state index contributed by atoms with van der Waals surface area (Å²) >= 11 is 0. The Morgan fingerprint density at radius 3 is 2.29 bits per heavy atom. The Kier molecular flexibility index (Phi) is 2.63. The Balaban J connectivity index is 2.26. The van der Waals surface area contributed by atoms with Crippen LogP contribution >= 0.6 is 0 Å². The molecule has 3 rings (SSSR count). The molecule has 0 aromatic rings. The summed E-state index contributed by atoms with van der Waals surface area (Å²) in [6.07, 6.45) is 2.73. The lowest BCUT2D eigenvalue weighted by Gasteiger charge is -2.60. The maximum atomic E-state index is 5.70. The van der Waals surface area contributed by atoms with Gasteiger partial charge in [0.1, 0.15) is 0 Å². The van der Waals surface area contributed by atoms with Crippen LogP contribution in [-0.2, 0) is 4.74 Å². The third-order valence-electron chi connectivity index (χ3n) is 4.91. The van der Waals surface area contributed by atoms with Crippen molar-refractivity contribution < 1.29 is 4.74 Å². The first-order valence-electron chi connectivity index (χ1n) is 6.17. The molecule has 0 spiro atoms. The van der Waals surface area contributed by atoms with Crippen LogP contribution in [0.4, 0.5) is 0 Å². The fourth-order valence-electron chi connectivity index (χ4n) is 4.51. The zero-order valence-corrected chi connectivity index (χ0v) is 10.0. The first-order chi connectivity index (χ1) is 6.60. The molecular weight excluding hydrogens is 172 g/mol. The largest absolute Gasteiger partial charge is 0.381 e. The SMILES string of the molecule is CC(C)C1(C(C)C)C2CCOCC1C2. The molecule has 82 valence electrons. The van der Waals surface area contributed by atoms with Gasteiger partial charge in [0.05, 0.1) is 0 Å². The van der Waals surface area contributed by atoms with Crippen LogP contribution in [0.3, 0.4) is 0 Å². The predicted octanol–water partition coefficient (Wildman–Crippen LogP) is 3.34. The van der Waals surface area contributed by atoms with Crippen molar-refractivity contribution in [3.63, 3.8) is 0 Å². The molecule has 0 N–H and O–H groups in total. The molecule has 1 heteroatoms. The Morgan fingerprint density at radius 1 is 1.07 bits per heavy atom. The highest BCUT2D eigenvalue weighted by atomic mass is 16.5. The quantitative estimate of drug-likeness (QED) is 0.658. The van der Waals surface area contributed by atoms with E-state index in [4.69, 9.17) is 4.74 Å². The highest BCUT2D eigenvalue weighted by molar-refractivity contribution is 5.06. The minimum Gasteiger partial charge on any atom is -0.381 e. The van der Waals surface area contributed by atoms with Gasteiger partial charge in [0.25, 0.3) is 0 Å². The molecule has 14 heavy (non-hydrogen) atoms. The van der Waals surface area contributed by atoms with Gasteiger partial charge in [-0.15, -0.1) is 0 Å². The predicted molar refractivity (Wildman–Crippen MR) is 59.1 cm³/mol. The monoisotopic (exact) mass is 196 g/mol. The highest BCUT2D eigenvalue weighted by Crippen LogP contribution is 2.62. The standard InChI is InChI=1S/C13H24O/c1-9(2)13(10(3)4)11-5-6-14-8-12(13)7-11/h9-12H,5-8H2,1-4H3. The lowest BCUT2D eigenvalue weighted by atomic mass is 9.44. The topological polar surface area (TPSA) is 9.23 Å². The molecule has 0 amide bonds. The summed E-state index contributed by atoms with van der Waals surface area (Å²) in [6, 6.07) is 0. The van der Waals surface area contributed by atoms with Gasteiger partial charge in [-0.05, 0) is 41.9 Å². The van der Waals surface area contributed by atoms with Crippen molar-refractivity contribution in [2.45, 2.75) is 40.5 Å². The van der Waals surface area contributed by atoms with Crippen LogP contribution in [-0.4, -0.2) is 13.2 Å². The Bertz CT molecular complexity index is 181. The molecule has 0 aromatic heterocycles. The maximum Gasteiger partial charge on any atom is 0.0499 e. The van der Waals surface area contributed by atoms with E-state index < -0.39 is 0 Å². The van der Waals surface area contributed by atoms with Gasteiger partial charge in [-0.25, -0.2) is 0 Å². The van der Waals surface area contributed by atoms with Crippen LogP contribution in [0.15, 0.2) is 0 Å². The molecule has 3 aliphatic rings. The molecule has 1 aliphatic carbocycles. The Hall–Kier alpha value is -0.0400. The average molecular weight is 196 g/mol. The minimum atomic E-state index is 0.594. The van der Waals surface area contributed by atoms with Gasteiger partial charge in [0.2, 0.25) is 0 Å². The van der Waals surface area contributed by atoms with Crippen molar-refractivity contribution in [2.24, 2.45) is 29.1 Å². The molecule has 1 nitrogen and oxygen atoms in total. The van der Waals surface area contributed by atoms with E-state index in [9.17, 15) is 0 Å². The molecule has 0 aromatic carbocycles. The van der Waals surface area contributed by atoms with Gasteiger partial charge in [0.15, 0.2) is 0 Å². The van der Waals surface area contributed by atoms with E-state index in [-0.39, 0.29) is 0 Å². The van der Waals surface area contributed by atoms with E-state index in [1.165, 1.54) is 12.8 Å². The van der Waals surface area contributed by atoms with Gasteiger partial charge in [0, 0.05) is 13.2 Å². The average Bonchev–Trinajstić information content (AvgIpc) is 2.34. The van der Waals surface area contributed by atoms with Gasteiger partial charge >= 0.3 is 0 Å². The second-order valence-electron chi connectivity index (χ2n) is 5.80. The van der Waals surface area contributed by atoms with Crippen molar-refractivity contribution in [1.29, 1.82) is 0 Å². The third-order valence-corrected chi connectivity index (χ3v) is 4.91. The zero-order chi connectivity index (χ0) is 10.3. The minimum absolute atomic E-state index is 0.594. The summed E-state index contributed by atoms with van der Waals surface area (Å²) in [5, 5.41) is 0. The third kappa shape index (κ3) is 1.18. The summed E-state index contributed by atoms with van der Waals surface area (Å²) in [5.74, 6) is 3.41. The number of fused-ring (bicyclic) bond motifs is 3. The van der Waals surface area contributed by atoms with E-state index in [0.29, 0.717) is 5.41 Å². The van der Waals surface area contributed by atoms with Crippen molar-refractivity contribution >= 4 is 0 Å². The summed E-state index contributed by atoms with van der Waals surface area (Å²) < 4.78 is 5.70. The normalized spacial score (nSPS) is 35.6. The lowest BCUT2D eigenvalue weighted by Crippen LogP contribution is -2.56. The van der Waals surface area contributed by atoms with E-state index in [1.807, 2.05) is 0 Å². The first kappa shape index (κ1) is 10.5. The molecule has 2 unspecified atom stereocenters. The van der Waals surface area contributed by atoms with Crippen molar-refractivity contribution in [1.82, 2.24) is 0 Å². The second kappa shape index (κ2) is 3.52. The van der Waals surface area contributed by atoms with Gasteiger partial charge in [-0.3, -0.25) is 0 Å². The second-order valence-corrected chi connectivity index (χ2v) is 5.80. The van der Waals surface area contributed by atoms with E-state index in [2.05, 4.69) is 27.7 Å². The summed E-state index contributed by atoms with van der Waals surface area (Å²) in [5.41, 5.74) is 0.594. The summed E-state index contributed by atoms with van der Waals surface area (Å²) in [7, 11) is 0. The van der Waals surface area contributed by atoms with E-state index in [0.717, 1.165) is 36.9 Å². The summed E-state index contributed by atoms with van der Waals surface area (Å²) in [6.45, 7) is 11.7. The van der Waals surface area contributed by atoms with Crippen LogP contribution in [0.5, 0.6) is 0 Å². The molecule has 2 saturated heterocycles. The molecule has 2 heterocycles. The number of hydrogen-bond donors (Lipinski definition) is 0. The number of hydrogen-bond acceptors (Lipinski definition) is 1. The van der Waals surface area contributed by atoms with Crippen LogP contribution in [0.25, 0.3) is 0 Å². The summed E-state index contributed by atoms with van der Waals surface area (Å²) in [4.78, 5) is 0. The number of rotatable bonds is 2. The fraction of sp³-hybridized carbons (Fsp3) is 1.00. The molecule has 2 aliphatic heterocycles. The Labute approximate surface area is 88.2 Å². The van der Waals surface area contributed by atoms with E-state index in [1.54, 1.807) is 0 Å². The molecule has 2 bridgehead atoms. The fourth-order valence-corrected chi connectivity index (χ4v) is 4.51.